The number of ether oxygens (including phenoxy) is 1. The van der Waals surface area contributed by atoms with Gasteiger partial charge in [0.15, 0.2) is 17.2 Å². The number of aromatic carboxylic acids is 1. The van der Waals surface area contributed by atoms with E-state index in [4.69, 9.17) is 21.4 Å². The lowest BCUT2D eigenvalue weighted by molar-refractivity contribution is -0.139. The van der Waals surface area contributed by atoms with Gasteiger partial charge in [0.25, 0.3) is 0 Å². The monoisotopic (exact) mass is 425 g/mol. The number of hydrogen-bond donors (Lipinski definition) is 2. The standard InChI is InChI=1S/C19H20ClNO6S/c1-10(2)21(11(3)22)8-12-5-4-6-13(7-12)17-15(20)16(27-9-14(23)24)18(28-17)19(25)26/h4-7,10H,8-9H2,1-3H3,(H,23,24)(H,25,26). The number of amides is 1. The molecular formula is C19H20ClNO6S. The number of carbonyl (C=O) groups is 3. The molecule has 0 spiro atoms. The summed E-state index contributed by atoms with van der Waals surface area (Å²) < 4.78 is 5.10. The topological polar surface area (TPSA) is 104 Å². The van der Waals surface area contributed by atoms with Crippen LogP contribution in [0.4, 0.5) is 0 Å². The molecule has 2 rings (SSSR count). The summed E-state index contributed by atoms with van der Waals surface area (Å²) in [7, 11) is 0. The van der Waals surface area contributed by atoms with Gasteiger partial charge < -0.3 is 19.8 Å². The quantitative estimate of drug-likeness (QED) is 0.662. The summed E-state index contributed by atoms with van der Waals surface area (Å²) in [6, 6.07) is 7.27. The van der Waals surface area contributed by atoms with Crippen molar-refractivity contribution in [2.75, 3.05) is 6.61 Å². The SMILES string of the molecule is CC(=O)N(Cc1cccc(-c2sc(C(=O)O)c(OCC(=O)O)c2Cl)c1)C(C)C. The van der Waals surface area contributed by atoms with Crippen LogP contribution in [0.3, 0.4) is 0 Å². The van der Waals surface area contributed by atoms with Crippen molar-refractivity contribution in [3.8, 4) is 16.2 Å². The number of carboxylic acids is 2. The van der Waals surface area contributed by atoms with Gasteiger partial charge in [-0.25, -0.2) is 9.59 Å². The number of carbonyl (C=O) groups excluding carboxylic acids is 1. The van der Waals surface area contributed by atoms with Crippen molar-refractivity contribution < 1.29 is 29.3 Å². The number of nitrogens with zero attached hydrogens (tertiary/aromatic N) is 1. The van der Waals surface area contributed by atoms with E-state index in [0.29, 0.717) is 17.0 Å². The summed E-state index contributed by atoms with van der Waals surface area (Å²) in [5.74, 6) is -2.70. The second-order valence-electron chi connectivity index (χ2n) is 6.33. The fourth-order valence-electron chi connectivity index (χ4n) is 2.65. The summed E-state index contributed by atoms with van der Waals surface area (Å²) in [6.07, 6.45) is 0. The number of hydrogen-bond acceptors (Lipinski definition) is 5. The van der Waals surface area contributed by atoms with Crippen LogP contribution < -0.4 is 4.74 Å². The highest BCUT2D eigenvalue weighted by atomic mass is 35.5. The molecule has 150 valence electrons. The zero-order valence-corrected chi connectivity index (χ0v) is 17.1. The first-order chi connectivity index (χ1) is 13.1. The maximum atomic E-state index is 11.8. The van der Waals surface area contributed by atoms with E-state index in [9.17, 15) is 19.5 Å². The van der Waals surface area contributed by atoms with Crippen LogP contribution >= 0.6 is 22.9 Å². The number of carboxylic acid groups (broad SMARTS) is 2. The predicted molar refractivity (Wildman–Crippen MR) is 106 cm³/mol. The van der Waals surface area contributed by atoms with Crippen molar-refractivity contribution in [2.24, 2.45) is 0 Å². The molecule has 0 saturated carbocycles. The van der Waals surface area contributed by atoms with Gasteiger partial charge in [-0.05, 0) is 31.0 Å². The van der Waals surface area contributed by atoms with Gasteiger partial charge in [0.05, 0.1) is 4.88 Å². The zero-order valence-electron chi connectivity index (χ0n) is 15.6. The molecule has 1 aromatic carbocycles. The van der Waals surface area contributed by atoms with E-state index in [0.717, 1.165) is 16.9 Å². The fraction of sp³-hybridized carbons (Fsp3) is 0.316. The number of halogens is 1. The lowest BCUT2D eigenvalue weighted by Gasteiger charge is -2.25. The van der Waals surface area contributed by atoms with Crippen LogP contribution in [0.2, 0.25) is 5.02 Å². The first-order valence-electron chi connectivity index (χ1n) is 8.38. The van der Waals surface area contributed by atoms with Crippen LogP contribution in [0.5, 0.6) is 5.75 Å². The van der Waals surface area contributed by atoms with Crippen LogP contribution in [-0.4, -0.2) is 45.6 Å². The minimum Gasteiger partial charge on any atom is -0.479 e. The van der Waals surface area contributed by atoms with Gasteiger partial charge in [0.2, 0.25) is 5.91 Å². The Labute approximate surface area is 171 Å². The van der Waals surface area contributed by atoms with E-state index >= 15 is 0 Å². The number of thiophene rings is 1. The molecule has 0 fully saturated rings. The molecular weight excluding hydrogens is 406 g/mol. The van der Waals surface area contributed by atoms with Crippen molar-refractivity contribution >= 4 is 40.8 Å². The van der Waals surface area contributed by atoms with Crippen molar-refractivity contribution in [1.29, 1.82) is 0 Å². The number of rotatable bonds is 8. The molecule has 0 bridgehead atoms. The Bertz CT molecular complexity index is 908. The third-order valence-electron chi connectivity index (χ3n) is 3.91. The fourth-order valence-corrected chi connectivity index (χ4v) is 4.05. The minimum atomic E-state index is -1.25. The molecule has 7 nitrogen and oxygen atoms in total. The Balaban J connectivity index is 2.42. The molecule has 0 aliphatic carbocycles. The first-order valence-corrected chi connectivity index (χ1v) is 9.58. The zero-order chi connectivity index (χ0) is 21.0. The Morgan fingerprint density at radius 3 is 2.46 bits per heavy atom. The number of benzene rings is 1. The van der Waals surface area contributed by atoms with E-state index in [-0.39, 0.29) is 27.6 Å². The van der Waals surface area contributed by atoms with Crippen LogP contribution in [0, 0.1) is 0 Å². The average molecular weight is 426 g/mol. The number of aliphatic carboxylic acids is 1. The first kappa shape index (κ1) is 21.7. The van der Waals surface area contributed by atoms with Gasteiger partial charge in [-0.15, -0.1) is 11.3 Å². The van der Waals surface area contributed by atoms with Gasteiger partial charge >= 0.3 is 11.9 Å². The lowest BCUT2D eigenvalue weighted by atomic mass is 10.1. The molecule has 0 atom stereocenters. The normalized spacial score (nSPS) is 10.8. The van der Waals surface area contributed by atoms with Gasteiger partial charge in [0.1, 0.15) is 5.02 Å². The van der Waals surface area contributed by atoms with Gasteiger partial charge in [0, 0.05) is 19.5 Å². The van der Waals surface area contributed by atoms with E-state index in [2.05, 4.69) is 0 Å². The van der Waals surface area contributed by atoms with Gasteiger partial charge in [-0.3, -0.25) is 4.79 Å². The van der Waals surface area contributed by atoms with Crippen molar-refractivity contribution in [3.05, 3.63) is 39.7 Å². The maximum absolute atomic E-state index is 11.8. The molecule has 1 amide bonds. The van der Waals surface area contributed by atoms with Crippen LogP contribution in [0.25, 0.3) is 10.4 Å². The predicted octanol–water partition coefficient (Wildman–Crippen LogP) is 3.99. The lowest BCUT2D eigenvalue weighted by Crippen LogP contribution is -2.34. The molecule has 0 unspecified atom stereocenters. The van der Waals surface area contributed by atoms with E-state index in [1.165, 1.54) is 6.92 Å². The summed E-state index contributed by atoms with van der Waals surface area (Å²) in [5, 5.41) is 18.2. The smallest absolute Gasteiger partial charge is 0.349 e. The summed E-state index contributed by atoms with van der Waals surface area (Å²) in [5.41, 5.74) is 1.52. The third kappa shape index (κ3) is 5.02. The Morgan fingerprint density at radius 2 is 1.93 bits per heavy atom. The highest BCUT2D eigenvalue weighted by molar-refractivity contribution is 7.18. The van der Waals surface area contributed by atoms with Crippen molar-refractivity contribution in [1.82, 2.24) is 4.90 Å². The van der Waals surface area contributed by atoms with E-state index in [1.807, 2.05) is 26.0 Å². The maximum Gasteiger partial charge on any atom is 0.349 e. The molecule has 1 heterocycles. The molecule has 0 aliphatic rings. The van der Waals surface area contributed by atoms with E-state index in [1.54, 1.807) is 17.0 Å². The molecule has 2 N–H and O–H groups in total. The summed E-state index contributed by atoms with van der Waals surface area (Å²) in [4.78, 5) is 36.1. The molecule has 28 heavy (non-hydrogen) atoms. The summed E-state index contributed by atoms with van der Waals surface area (Å²) in [6.45, 7) is 5.06. The molecule has 1 aromatic heterocycles. The van der Waals surface area contributed by atoms with Gasteiger partial charge in [-0.1, -0.05) is 29.8 Å². The molecule has 2 aromatic rings. The Kier molecular flexibility index (Phi) is 7.04. The second-order valence-corrected chi connectivity index (χ2v) is 7.73. The van der Waals surface area contributed by atoms with E-state index < -0.39 is 18.5 Å². The highest BCUT2D eigenvalue weighted by Gasteiger charge is 2.25. The molecule has 0 saturated heterocycles. The van der Waals surface area contributed by atoms with Crippen molar-refractivity contribution in [2.45, 2.75) is 33.4 Å². The minimum absolute atomic E-state index is 0.0288. The highest BCUT2D eigenvalue weighted by Crippen LogP contribution is 2.45. The molecule has 0 radical (unpaired) electrons. The van der Waals surface area contributed by atoms with Crippen molar-refractivity contribution in [3.63, 3.8) is 0 Å². The average Bonchev–Trinajstić information content (AvgIpc) is 2.94. The largest absolute Gasteiger partial charge is 0.479 e. The van der Waals surface area contributed by atoms with Gasteiger partial charge in [-0.2, -0.15) is 0 Å². The molecule has 0 aliphatic heterocycles. The van der Waals surface area contributed by atoms with Crippen LogP contribution in [-0.2, 0) is 16.1 Å². The molecule has 9 heteroatoms. The Morgan fingerprint density at radius 1 is 1.25 bits per heavy atom. The van der Waals surface area contributed by atoms with Crippen LogP contribution in [0.15, 0.2) is 24.3 Å². The Hall–Kier alpha value is -2.58. The third-order valence-corrected chi connectivity index (χ3v) is 5.59. The van der Waals surface area contributed by atoms with Crippen LogP contribution in [0.1, 0.15) is 36.0 Å². The summed E-state index contributed by atoms with van der Waals surface area (Å²) >= 11 is 7.22. The second kappa shape index (κ2) is 9.07.